The Morgan fingerprint density at radius 3 is 2.35 bits per heavy atom. The van der Waals surface area contributed by atoms with E-state index in [4.69, 9.17) is 0 Å². The van der Waals surface area contributed by atoms with Gasteiger partial charge in [-0.15, -0.1) is 0 Å². The Balaban J connectivity index is 1.21. The van der Waals surface area contributed by atoms with E-state index < -0.39 is 0 Å². The van der Waals surface area contributed by atoms with Gasteiger partial charge in [0.1, 0.15) is 5.56 Å². The number of nitrogens with zero attached hydrogens (tertiary/aromatic N) is 9. The van der Waals surface area contributed by atoms with Gasteiger partial charge in [-0.2, -0.15) is 9.78 Å². The van der Waals surface area contributed by atoms with Gasteiger partial charge < -0.3 is 9.80 Å². The predicted octanol–water partition coefficient (Wildman–Crippen LogP) is 2.33. The molecule has 0 atom stereocenters. The third kappa shape index (κ3) is 3.45. The van der Waals surface area contributed by atoms with Crippen LogP contribution in [-0.4, -0.2) is 71.8 Å². The van der Waals surface area contributed by atoms with E-state index in [9.17, 15) is 4.79 Å². The van der Waals surface area contributed by atoms with Crippen molar-refractivity contribution in [2.75, 3.05) is 31.1 Å². The van der Waals surface area contributed by atoms with Crippen molar-refractivity contribution in [3.05, 3.63) is 84.7 Å². The summed E-state index contributed by atoms with van der Waals surface area (Å²) in [6.07, 6.45) is 3.33. The highest BCUT2D eigenvalue weighted by atomic mass is 16.2. The lowest BCUT2D eigenvalue weighted by Gasteiger charge is -2.34. The van der Waals surface area contributed by atoms with E-state index in [-0.39, 0.29) is 5.91 Å². The van der Waals surface area contributed by atoms with Gasteiger partial charge in [0.25, 0.3) is 5.91 Å². The zero-order valence-electron chi connectivity index (χ0n) is 18.3. The molecule has 34 heavy (non-hydrogen) atoms. The molecule has 0 aliphatic carbocycles. The number of fused-ring (bicyclic) bond motifs is 1. The molecule has 1 fully saturated rings. The Morgan fingerprint density at radius 2 is 1.59 bits per heavy atom. The minimum atomic E-state index is -0.0741. The maximum atomic E-state index is 13.4. The summed E-state index contributed by atoms with van der Waals surface area (Å²) in [6, 6.07) is 21.6. The van der Waals surface area contributed by atoms with Crippen LogP contribution in [0.3, 0.4) is 0 Å². The fourth-order valence-corrected chi connectivity index (χ4v) is 4.27. The molecule has 4 heterocycles. The van der Waals surface area contributed by atoms with Crippen LogP contribution in [0.4, 0.5) is 5.95 Å². The fraction of sp³-hybridized carbons (Fsp3) is 0.167. The second kappa shape index (κ2) is 8.39. The number of tetrazole rings is 1. The van der Waals surface area contributed by atoms with Crippen LogP contribution in [0.25, 0.3) is 22.6 Å². The Hall–Kier alpha value is -4.60. The van der Waals surface area contributed by atoms with E-state index in [1.54, 1.807) is 21.6 Å². The second-order valence-electron chi connectivity index (χ2n) is 8.00. The number of carbonyl (C=O) groups is 1. The highest BCUT2D eigenvalue weighted by Crippen LogP contribution is 2.22. The molecule has 0 spiro atoms. The molecule has 0 unspecified atom stereocenters. The van der Waals surface area contributed by atoms with Gasteiger partial charge in [0.2, 0.25) is 5.95 Å². The van der Waals surface area contributed by atoms with Gasteiger partial charge in [0.15, 0.2) is 5.65 Å². The van der Waals surface area contributed by atoms with Crippen LogP contribution in [0.5, 0.6) is 0 Å². The minimum absolute atomic E-state index is 0.0741. The first-order valence-corrected chi connectivity index (χ1v) is 11.1. The number of hydrogen-bond donors (Lipinski definition) is 0. The number of hydrogen-bond acceptors (Lipinski definition) is 7. The quantitative estimate of drug-likeness (QED) is 0.414. The average Bonchev–Trinajstić information content (AvgIpc) is 3.57. The van der Waals surface area contributed by atoms with E-state index >= 15 is 0 Å². The Bertz CT molecular complexity index is 1440. The van der Waals surface area contributed by atoms with E-state index in [1.165, 1.54) is 0 Å². The van der Waals surface area contributed by atoms with Crippen molar-refractivity contribution in [2.45, 2.75) is 0 Å². The van der Waals surface area contributed by atoms with Gasteiger partial charge in [-0.05, 0) is 28.6 Å². The first-order chi connectivity index (χ1) is 16.8. The normalized spacial score (nSPS) is 14.0. The van der Waals surface area contributed by atoms with E-state index in [2.05, 4.69) is 30.5 Å². The number of aromatic nitrogens is 7. The first kappa shape index (κ1) is 20.0. The largest absolute Gasteiger partial charge is 0.336 e. The van der Waals surface area contributed by atoms with Crippen LogP contribution in [0.15, 0.2) is 79.1 Å². The van der Waals surface area contributed by atoms with Crippen LogP contribution in [-0.2, 0) is 0 Å². The van der Waals surface area contributed by atoms with Gasteiger partial charge in [0.05, 0.1) is 17.6 Å². The summed E-state index contributed by atoms with van der Waals surface area (Å²) in [5, 5.41) is 16.7. The first-order valence-electron chi connectivity index (χ1n) is 11.1. The highest BCUT2D eigenvalue weighted by molar-refractivity contribution is 6.00. The van der Waals surface area contributed by atoms with Gasteiger partial charge >= 0.3 is 0 Å². The Morgan fingerprint density at radius 1 is 0.853 bits per heavy atom. The molecule has 1 amide bonds. The highest BCUT2D eigenvalue weighted by Gasteiger charge is 2.27. The number of anilines is 1. The van der Waals surface area contributed by atoms with Crippen LogP contribution >= 0.6 is 0 Å². The zero-order chi connectivity index (χ0) is 22.9. The van der Waals surface area contributed by atoms with Crippen molar-refractivity contribution in [1.29, 1.82) is 0 Å². The topological polar surface area (TPSA) is 97.3 Å². The van der Waals surface area contributed by atoms with Crippen molar-refractivity contribution in [1.82, 2.24) is 39.7 Å². The van der Waals surface area contributed by atoms with Gasteiger partial charge in [-0.1, -0.05) is 53.6 Å². The lowest BCUT2D eigenvalue weighted by atomic mass is 10.1. The number of carbonyl (C=O) groups excluding carboxylic acids is 1. The van der Waals surface area contributed by atoms with Crippen LogP contribution in [0.1, 0.15) is 10.4 Å². The maximum absolute atomic E-state index is 13.4. The van der Waals surface area contributed by atoms with Gasteiger partial charge in [-0.3, -0.25) is 4.79 Å². The number of piperazine rings is 1. The SMILES string of the molecule is O=C(c1cnn2c(-c3ccccc3)ccnc12)N1CCN(c2nnnn2-c2ccccc2)CC1. The Kier molecular flexibility index (Phi) is 4.95. The predicted molar refractivity (Wildman–Crippen MR) is 126 cm³/mol. The third-order valence-corrected chi connectivity index (χ3v) is 6.00. The number of amides is 1. The van der Waals surface area contributed by atoms with Crippen molar-refractivity contribution < 1.29 is 4.79 Å². The number of para-hydroxylation sites is 1. The minimum Gasteiger partial charge on any atom is -0.336 e. The van der Waals surface area contributed by atoms with Gasteiger partial charge in [0, 0.05) is 37.9 Å². The lowest BCUT2D eigenvalue weighted by Crippen LogP contribution is -2.49. The van der Waals surface area contributed by atoms with Crippen molar-refractivity contribution >= 4 is 17.5 Å². The van der Waals surface area contributed by atoms with Crippen LogP contribution < -0.4 is 4.90 Å². The average molecular weight is 451 g/mol. The molecular weight excluding hydrogens is 430 g/mol. The zero-order valence-corrected chi connectivity index (χ0v) is 18.3. The number of rotatable bonds is 4. The van der Waals surface area contributed by atoms with Gasteiger partial charge in [-0.25, -0.2) is 9.50 Å². The molecule has 1 aliphatic heterocycles. The number of benzene rings is 2. The molecule has 1 saturated heterocycles. The third-order valence-electron chi connectivity index (χ3n) is 6.00. The molecule has 10 nitrogen and oxygen atoms in total. The molecule has 1 aliphatic rings. The standard InChI is InChI=1S/C24H21N9O/c34-23(20-17-26-33-21(11-12-25-22(20)33)18-7-3-1-4-8-18)30-13-15-31(16-14-30)24-27-28-29-32(24)19-9-5-2-6-10-19/h1-12,17H,13-16H2. The molecule has 0 N–H and O–H groups in total. The van der Waals surface area contributed by atoms with E-state index in [0.29, 0.717) is 43.3 Å². The second-order valence-corrected chi connectivity index (χ2v) is 8.00. The fourth-order valence-electron chi connectivity index (χ4n) is 4.27. The maximum Gasteiger partial charge on any atom is 0.259 e. The summed E-state index contributed by atoms with van der Waals surface area (Å²) in [5.74, 6) is 0.596. The Labute approximate surface area is 195 Å². The summed E-state index contributed by atoms with van der Waals surface area (Å²) in [7, 11) is 0. The smallest absolute Gasteiger partial charge is 0.259 e. The van der Waals surface area contributed by atoms with E-state index in [1.807, 2.05) is 71.6 Å². The summed E-state index contributed by atoms with van der Waals surface area (Å²) in [6.45, 7) is 2.36. The molecular formula is C24H21N9O. The molecule has 6 rings (SSSR count). The summed E-state index contributed by atoms with van der Waals surface area (Å²) < 4.78 is 3.45. The molecule has 10 heteroatoms. The van der Waals surface area contributed by atoms with Crippen molar-refractivity contribution in [2.24, 2.45) is 0 Å². The molecule has 168 valence electrons. The van der Waals surface area contributed by atoms with Crippen LogP contribution in [0, 0.1) is 0 Å². The molecule has 0 radical (unpaired) electrons. The van der Waals surface area contributed by atoms with Crippen molar-refractivity contribution in [3.8, 4) is 16.9 Å². The van der Waals surface area contributed by atoms with Crippen molar-refractivity contribution in [3.63, 3.8) is 0 Å². The van der Waals surface area contributed by atoms with E-state index in [0.717, 1.165) is 16.9 Å². The molecule has 0 bridgehead atoms. The molecule has 2 aromatic carbocycles. The molecule has 3 aromatic heterocycles. The summed E-state index contributed by atoms with van der Waals surface area (Å²) in [4.78, 5) is 21.8. The van der Waals surface area contributed by atoms with Crippen LogP contribution in [0.2, 0.25) is 0 Å². The monoisotopic (exact) mass is 451 g/mol. The molecule has 0 saturated carbocycles. The lowest BCUT2D eigenvalue weighted by molar-refractivity contribution is 0.0748. The molecule has 5 aromatic rings. The summed E-state index contributed by atoms with van der Waals surface area (Å²) >= 11 is 0. The summed E-state index contributed by atoms with van der Waals surface area (Å²) in [5.41, 5.74) is 3.86.